The average molecular weight is 285 g/mol. The van der Waals surface area contributed by atoms with Crippen LogP contribution in [0.4, 0.5) is 4.39 Å². The van der Waals surface area contributed by atoms with Gasteiger partial charge in [-0.15, -0.1) is 0 Å². The summed E-state index contributed by atoms with van der Waals surface area (Å²) in [4.78, 5) is 25.2. The maximum atomic E-state index is 13.4. The monoisotopic (exact) mass is 285 g/mol. The lowest BCUT2D eigenvalue weighted by molar-refractivity contribution is -0.142. The lowest BCUT2D eigenvalue weighted by atomic mass is 10.3. The van der Waals surface area contributed by atoms with Crippen LogP contribution in [0.5, 0.6) is 0 Å². The van der Waals surface area contributed by atoms with E-state index < -0.39 is 29.4 Å². The Morgan fingerprint density at radius 3 is 2.74 bits per heavy atom. The van der Waals surface area contributed by atoms with Gasteiger partial charge in [-0.2, -0.15) is 0 Å². The number of carbonyl (C=O) groups is 2. The van der Waals surface area contributed by atoms with Crippen LogP contribution < -0.4 is 0 Å². The van der Waals surface area contributed by atoms with Crippen molar-refractivity contribution in [3.05, 3.63) is 24.0 Å². The van der Waals surface area contributed by atoms with Gasteiger partial charge < -0.3 is 14.6 Å². The third kappa shape index (κ3) is 3.02. The van der Waals surface area contributed by atoms with E-state index >= 15 is 0 Å². The zero-order valence-electron chi connectivity index (χ0n) is 9.37. The summed E-state index contributed by atoms with van der Waals surface area (Å²) in [7, 11) is 0. The fraction of sp³-hybridized carbons (Fsp3) is 0.182. The van der Waals surface area contributed by atoms with Crippen LogP contribution in [0.25, 0.3) is 11.1 Å². The van der Waals surface area contributed by atoms with Crippen molar-refractivity contribution >= 4 is 34.8 Å². The second-order valence-corrected chi connectivity index (χ2v) is 4.76. The standard InChI is InChI=1S/C11H8FNO5S/c12-5-2-1-3-6-9(5)13-11(18-6)19-7(10(16)17)4-8(14)15/h1-3,7H,4H2,(H,14,15)(H,16,17). The van der Waals surface area contributed by atoms with Crippen molar-refractivity contribution < 1.29 is 28.6 Å². The predicted octanol–water partition coefficient (Wildman–Crippen LogP) is 1.99. The van der Waals surface area contributed by atoms with Crippen molar-refractivity contribution in [2.75, 3.05) is 0 Å². The van der Waals surface area contributed by atoms with Crippen LogP contribution in [0.2, 0.25) is 0 Å². The number of hydrogen-bond acceptors (Lipinski definition) is 5. The van der Waals surface area contributed by atoms with Crippen LogP contribution in [-0.4, -0.2) is 32.4 Å². The van der Waals surface area contributed by atoms with Crippen molar-refractivity contribution in [2.24, 2.45) is 0 Å². The molecule has 0 saturated carbocycles. The fourth-order valence-electron chi connectivity index (χ4n) is 1.40. The van der Waals surface area contributed by atoms with E-state index in [4.69, 9.17) is 14.6 Å². The number of carboxylic acids is 2. The first-order valence-electron chi connectivity index (χ1n) is 5.13. The summed E-state index contributed by atoms with van der Waals surface area (Å²) in [5.41, 5.74) is 0.173. The Bertz CT molecular complexity index is 641. The normalized spacial score (nSPS) is 12.5. The number of carboxylic acid groups (broad SMARTS) is 2. The van der Waals surface area contributed by atoms with Gasteiger partial charge in [0.25, 0.3) is 5.22 Å². The Hall–Kier alpha value is -2.09. The van der Waals surface area contributed by atoms with Gasteiger partial charge in [-0.1, -0.05) is 17.8 Å². The molecule has 0 bridgehead atoms. The van der Waals surface area contributed by atoms with E-state index in [1.807, 2.05) is 0 Å². The first-order valence-corrected chi connectivity index (χ1v) is 6.01. The molecule has 100 valence electrons. The summed E-state index contributed by atoms with van der Waals surface area (Å²) >= 11 is 0.635. The second-order valence-electron chi connectivity index (χ2n) is 3.61. The minimum absolute atomic E-state index is 0.00976. The first kappa shape index (κ1) is 13.3. The molecular weight excluding hydrogens is 277 g/mol. The van der Waals surface area contributed by atoms with Crippen molar-refractivity contribution in [1.82, 2.24) is 4.98 Å². The number of rotatable bonds is 5. The van der Waals surface area contributed by atoms with Crippen molar-refractivity contribution in [2.45, 2.75) is 16.9 Å². The SMILES string of the molecule is O=C(O)CC(Sc1nc2c(F)cccc2o1)C(=O)O. The first-order chi connectivity index (χ1) is 8.97. The van der Waals surface area contributed by atoms with Crippen LogP contribution in [0.15, 0.2) is 27.8 Å². The van der Waals surface area contributed by atoms with Gasteiger partial charge in [0, 0.05) is 0 Å². The van der Waals surface area contributed by atoms with Gasteiger partial charge in [-0.3, -0.25) is 9.59 Å². The van der Waals surface area contributed by atoms with Gasteiger partial charge in [-0.25, -0.2) is 9.37 Å². The topological polar surface area (TPSA) is 101 Å². The maximum Gasteiger partial charge on any atom is 0.317 e. The van der Waals surface area contributed by atoms with Crippen molar-refractivity contribution in [1.29, 1.82) is 0 Å². The number of oxazole rings is 1. The maximum absolute atomic E-state index is 13.4. The molecule has 0 aliphatic heterocycles. The van der Waals surface area contributed by atoms with Gasteiger partial charge in [0.2, 0.25) is 0 Å². The number of aromatic nitrogens is 1. The van der Waals surface area contributed by atoms with Gasteiger partial charge in [0.05, 0.1) is 6.42 Å². The van der Waals surface area contributed by atoms with E-state index in [-0.39, 0.29) is 16.3 Å². The number of aliphatic carboxylic acids is 2. The van der Waals surface area contributed by atoms with Crippen LogP contribution in [0.1, 0.15) is 6.42 Å². The molecule has 19 heavy (non-hydrogen) atoms. The number of para-hydroxylation sites is 1. The third-order valence-corrected chi connectivity index (χ3v) is 3.26. The highest BCUT2D eigenvalue weighted by Crippen LogP contribution is 2.29. The zero-order chi connectivity index (χ0) is 14.0. The minimum Gasteiger partial charge on any atom is -0.481 e. The van der Waals surface area contributed by atoms with Crippen LogP contribution in [0.3, 0.4) is 0 Å². The molecule has 0 radical (unpaired) electrons. The molecule has 0 aliphatic rings. The largest absolute Gasteiger partial charge is 0.481 e. The smallest absolute Gasteiger partial charge is 0.317 e. The Balaban J connectivity index is 2.26. The zero-order valence-corrected chi connectivity index (χ0v) is 10.2. The Morgan fingerprint density at radius 2 is 2.16 bits per heavy atom. The summed E-state index contributed by atoms with van der Waals surface area (Å²) in [5, 5.41) is 16.2. The van der Waals surface area contributed by atoms with E-state index in [1.165, 1.54) is 18.2 Å². The fourth-order valence-corrected chi connectivity index (χ4v) is 2.26. The molecule has 0 spiro atoms. The predicted molar refractivity (Wildman–Crippen MR) is 63.5 cm³/mol. The number of benzene rings is 1. The highest BCUT2D eigenvalue weighted by molar-refractivity contribution is 8.00. The number of fused-ring (bicyclic) bond motifs is 1. The lowest BCUT2D eigenvalue weighted by Gasteiger charge is -2.05. The molecule has 0 amide bonds. The molecule has 1 aromatic carbocycles. The molecule has 2 aromatic rings. The molecule has 2 rings (SSSR count). The Morgan fingerprint density at radius 1 is 1.42 bits per heavy atom. The number of hydrogen-bond donors (Lipinski definition) is 2. The van der Waals surface area contributed by atoms with Crippen LogP contribution in [0, 0.1) is 5.82 Å². The molecule has 2 N–H and O–H groups in total. The van der Waals surface area contributed by atoms with E-state index in [1.54, 1.807) is 0 Å². The summed E-state index contributed by atoms with van der Waals surface area (Å²) in [6.07, 6.45) is -0.582. The molecule has 1 unspecified atom stereocenters. The minimum atomic E-state index is -1.30. The summed E-state index contributed by atoms with van der Waals surface area (Å²) in [6, 6.07) is 4.12. The van der Waals surface area contributed by atoms with Gasteiger partial charge in [0.15, 0.2) is 11.4 Å². The van der Waals surface area contributed by atoms with Crippen molar-refractivity contribution in [3.63, 3.8) is 0 Å². The second kappa shape index (κ2) is 5.27. The Kier molecular flexibility index (Phi) is 3.70. The van der Waals surface area contributed by atoms with Gasteiger partial charge >= 0.3 is 11.9 Å². The molecule has 1 aromatic heterocycles. The van der Waals surface area contributed by atoms with Gasteiger partial charge in [0.1, 0.15) is 10.8 Å². The van der Waals surface area contributed by atoms with Crippen LogP contribution >= 0.6 is 11.8 Å². The van der Waals surface area contributed by atoms with Gasteiger partial charge in [-0.05, 0) is 12.1 Å². The molecule has 0 saturated heterocycles. The summed E-state index contributed by atoms with van der Waals surface area (Å²) < 4.78 is 18.5. The molecule has 1 heterocycles. The molecule has 0 aliphatic carbocycles. The number of halogens is 1. The van der Waals surface area contributed by atoms with Crippen LogP contribution in [-0.2, 0) is 9.59 Å². The highest BCUT2D eigenvalue weighted by Gasteiger charge is 2.25. The average Bonchev–Trinajstić information content (AvgIpc) is 2.71. The molecule has 8 heteroatoms. The van der Waals surface area contributed by atoms with E-state index in [2.05, 4.69) is 4.98 Å². The van der Waals surface area contributed by atoms with Crippen molar-refractivity contribution in [3.8, 4) is 0 Å². The molecule has 6 nitrogen and oxygen atoms in total. The number of nitrogens with zero attached hydrogens (tertiary/aromatic N) is 1. The molecule has 1 atom stereocenters. The summed E-state index contributed by atoms with van der Waals surface area (Å²) in [5.74, 6) is -3.13. The molecule has 0 fully saturated rings. The highest BCUT2D eigenvalue weighted by atomic mass is 32.2. The third-order valence-electron chi connectivity index (χ3n) is 2.23. The summed E-state index contributed by atoms with van der Waals surface area (Å²) in [6.45, 7) is 0. The molecular formula is C11H8FNO5S. The number of thioether (sulfide) groups is 1. The van der Waals surface area contributed by atoms with E-state index in [9.17, 15) is 14.0 Å². The van der Waals surface area contributed by atoms with E-state index in [0.29, 0.717) is 11.8 Å². The van der Waals surface area contributed by atoms with E-state index in [0.717, 1.165) is 0 Å². The lowest BCUT2D eigenvalue weighted by Crippen LogP contribution is -2.20. The quantitative estimate of drug-likeness (QED) is 0.810. The Labute approximate surface area is 110 Å².